The average Bonchev–Trinajstić information content (AvgIpc) is 2.75. The number of hydrogen-bond acceptors (Lipinski definition) is 4. The van der Waals surface area contributed by atoms with Gasteiger partial charge < -0.3 is 5.73 Å². The number of rotatable bonds is 3. The maximum Gasteiger partial charge on any atom is 0.180 e. The van der Waals surface area contributed by atoms with E-state index in [9.17, 15) is 0 Å². The second-order valence-corrected chi connectivity index (χ2v) is 5.56. The largest absolute Gasteiger partial charge is 0.375 e. The first kappa shape index (κ1) is 10.9. The molecule has 1 fully saturated rings. The monoisotopic (exact) mass is 225 g/mol. The van der Waals surface area contributed by atoms with Gasteiger partial charge in [0.25, 0.3) is 0 Å². The summed E-state index contributed by atoms with van der Waals surface area (Å²) in [6, 6.07) is 0. The standard InChI is InChI=1S/C11H19N3S/c1-8(2)10-9(13-11(12)15-10)7-14-5-3-4-6-14/h8H,3-7H2,1-2H3,(H2,12,13). The van der Waals surface area contributed by atoms with E-state index in [2.05, 4.69) is 23.7 Å². The Balaban J connectivity index is 2.11. The lowest BCUT2D eigenvalue weighted by atomic mass is 10.1. The third kappa shape index (κ3) is 2.49. The number of thiazole rings is 1. The van der Waals surface area contributed by atoms with Gasteiger partial charge in [-0.05, 0) is 31.8 Å². The minimum absolute atomic E-state index is 0.539. The Morgan fingerprint density at radius 3 is 2.67 bits per heavy atom. The predicted octanol–water partition coefficient (Wildman–Crippen LogP) is 2.44. The highest BCUT2D eigenvalue weighted by Gasteiger charge is 2.18. The molecule has 0 saturated carbocycles. The summed E-state index contributed by atoms with van der Waals surface area (Å²) in [4.78, 5) is 8.28. The van der Waals surface area contributed by atoms with Crippen molar-refractivity contribution in [3.63, 3.8) is 0 Å². The van der Waals surface area contributed by atoms with Crippen LogP contribution in [0.1, 0.15) is 43.2 Å². The van der Waals surface area contributed by atoms with Crippen LogP contribution in [-0.4, -0.2) is 23.0 Å². The summed E-state index contributed by atoms with van der Waals surface area (Å²) in [6.07, 6.45) is 2.66. The van der Waals surface area contributed by atoms with Crippen molar-refractivity contribution in [2.75, 3.05) is 18.8 Å². The SMILES string of the molecule is CC(C)c1sc(N)nc1CN1CCCC1. The van der Waals surface area contributed by atoms with Gasteiger partial charge in [-0.2, -0.15) is 0 Å². The number of aromatic nitrogens is 1. The lowest BCUT2D eigenvalue weighted by Crippen LogP contribution is -2.19. The molecule has 2 heterocycles. The maximum atomic E-state index is 5.78. The number of likely N-dealkylation sites (tertiary alicyclic amines) is 1. The fourth-order valence-electron chi connectivity index (χ4n) is 2.10. The molecule has 3 nitrogen and oxygen atoms in total. The first-order chi connectivity index (χ1) is 7.16. The van der Waals surface area contributed by atoms with Gasteiger partial charge in [0.05, 0.1) is 5.69 Å². The Bertz CT molecular complexity index is 327. The smallest absolute Gasteiger partial charge is 0.180 e. The van der Waals surface area contributed by atoms with Gasteiger partial charge in [-0.15, -0.1) is 11.3 Å². The van der Waals surface area contributed by atoms with Gasteiger partial charge >= 0.3 is 0 Å². The fourth-order valence-corrected chi connectivity index (χ4v) is 2.94. The quantitative estimate of drug-likeness (QED) is 0.859. The zero-order valence-electron chi connectivity index (χ0n) is 9.49. The van der Waals surface area contributed by atoms with Crippen LogP contribution < -0.4 is 5.73 Å². The highest BCUT2D eigenvalue weighted by Crippen LogP contribution is 2.29. The van der Waals surface area contributed by atoms with Crippen LogP contribution in [0.25, 0.3) is 0 Å². The molecule has 2 rings (SSSR count). The molecule has 0 atom stereocenters. The topological polar surface area (TPSA) is 42.1 Å². The summed E-state index contributed by atoms with van der Waals surface area (Å²) in [7, 11) is 0. The number of nitrogens with zero attached hydrogens (tertiary/aromatic N) is 2. The highest BCUT2D eigenvalue weighted by atomic mass is 32.1. The second kappa shape index (κ2) is 4.49. The molecular formula is C11H19N3S. The van der Waals surface area contributed by atoms with E-state index in [1.165, 1.54) is 36.5 Å². The summed E-state index contributed by atoms with van der Waals surface area (Å²) in [5.41, 5.74) is 6.98. The zero-order chi connectivity index (χ0) is 10.8. The van der Waals surface area contributed by atoms with E-state index < -0.39 is 0 Å². The second-order valence-electron chi connectivity index (χ2n) is 4.50. The van der Waals surface area contributed by atoms with Crippen LogP contribution in [0, 0.1) is 0 Å². The van der Waals surface area contributed by atoms with Gasteiger partial charge in [0, 0.05) is 11.4 Å². The van der Waals surface area contributed by atoms with E-state index in [0.717, 1.165) is 6.54 Å². The van der Waals surface area contributed by atoms with E-state index in [1.54, 1.807) is 11.3 Å². The van der Waals surface area contributed by atoms with Crippen molar-refractivity contribution < 1.29 is 0 Å². The van der Waals surface area contributed by atoms with Crippen molar-refractivity contribution in [2.45, 2.75) is 39.2 Å². The van der Waals surface area contributed by atoms with E-state index in [4.69, 9.17) is 5.73 Å². The normalized spacial score (nSPS) is 17.8. The fraction of sp³-hybridized carbons (Fsp3) is 0.727. The van der Waals surface area contributed by atoms with Crippen LogP contribution in [0.5, 0.6) is 0 Å². The van der Waals surface area contributed by atoms with E-state index in [-0.39, 0.29) is 0 Å². The van der Waals surface area contributed by atoms with Crippen molar-refractivity contribution >= 4 is 16.5 Å². The molecule has 4 heteroatoms. The summed E-state index contributed by atoms with van der Waals surface area (Å²) < 4.78 is 0. The summed E-state index contributed by atoms with van der Waals surface area (Å²) in [5, 5.41) is 0.716. The van der Waals surface area contributed by atoms with Crippen molar-refractivity contribution in [3.05, 3.63) is 10.6 Å². The molecule has 1 aliphatic rings. The van der Waals surface area contributed by atoms with Gasteiger partial charge in [-0.3, -0.25) is 4.90 Å². The van der Waals surface area contributed by atoms with Crippen molar-refractivity contribution in [2.24, 2.45) is 0 Å². The minimum atomic E-state index is 0.539. The Hall–Kier alpha value is -0.610. The van der Waals surface area contributed by atoms with Crippen LogP contribution in [0.3, 0.4) is 0 Å². The van der Waals surface area contributed by atoms with Crippen molar-refractivity contribution in [1.82, 2.24) is 9.88 Å². The molecule has 0 aliphatic carbocycles. The van der Waals surface area contributed by atoms with Gasteiger partial charge in [0.15, 0.2) is 5.13 Å². The molecule has 2 N–H and O–H groups in total. The van der Waals surface area contributed by atoms with E-state index in [1.807, 2.05) is 0 Å². The molecule has 0 aromatic carbocycles. The lowest BCUT2D eigenvalue weighted by Gasteiger charge is -2.14. The third-order valence-electron chi connectivity index (χ3n) is 2.84. The molecule has 84 valence electrons. The summed E-state index contributed by atoms with van der Waals surface area (Å²) in [5.74, 6) is 0.539. The van der Waals surface area contributed by atoms with Gasteiger partial charge in [0.1, 0.15) is 0 Å². The first-order valence-corrected chi connectivity index (χ1v) is 6.46. The highest BCUT2D eigenvalue weighted by molar-refractivity contribution is 7.15. The zero-order valence-corrected chi connectivity index (χ0v) is 10.3. The average molecular weight is 225 g/mol. The number of hydrogen-bond donors (Lipinski definition) is 1. The van der Waals surface area contributed by atoms with Crippen molar-refractivity contribution in [1.29, 1.82) is 0 Å². The summed E-state index contributed by atoms with van der Waals surface area (Å²) in [6.45, 7) is 7.84. The van der Waals surface area contributed by atoms with Crippen LogP contribution in [-0.2, 0) is 6.54 Å². The van der Waals surface area contributed by atoms with Gasteiger partial charge in [0.2, 0.25) is 0 Å². The van der Waals surface area contributed by atoms with Crippen LogP contribution in [0.2, 0.25) is 0 Å². The molecule has 0 radical (unpaired) electrons. The molecule has 0 bridgehead atoms. The molecule has 1 aromatic heterocycles. The molecule has 1 saturated heterocycles. The Morgan fingerprint density at radius 2 is 2.07 bits per heavy atom. The molecule has 15 heavy (non-hydrogen) atoms. The molecule has 0 amide bonds. The van der Waals surface area contributed by atoms with Crippen LogP contribution >= 0.6 is 11.3 Å². The number of nitrogen functional groups attached to an aromatic ring is 1. The van der Waals surface area contributed by atoms with E-state index in [0.29, 0.717) is 11.0 Å². The molecule has 1 aliphatic heterocycles. The number of anilines is 1. The third-order valence-corrected chi connectivity index (χ3v) is 4.07. The van der Waals surface area contributed by atoms with Gasteiger partial charge in [-0.25, -0.2) is 4.98 Å². The molecular weight excluding hydrogens is 206 g/mol. The van der Waals surface area contributed by atoms with Crippen molar-refractivity contribution in [3.8, 4) is 0 Å². The predicted molar refractivity (Wildman–Crippen MR) is 65.1 cm³/mol. The summed E-state index contributed by atoms with van der Waals surface area (Å²) >= 11 is 1.65. The van der Waals surface area contributed by atoms with Gasteiger partial charge in [-0.1, -0.05) is 13.8 Å². The number of nitrogens with two attached hydrogens (primary N) is 1. The first-order valence-electron chi connectivity index (χ1n) is 5.64. The molecule has 1 aromatic rings. The van der Waals surface area contributed by atoms with E-state index >= 15 is 0 Å². The van der Waals surface area contributed by atoms with Crippen LogP contribution in [0.4, 0.5) is 5.13 Å². The Labute approximate surface area is 95.3 Å². The Morgan fingerprint density at radius 1 is 1.40 bits per heavy atom. The lowest BCUT2D eigenvalue weighted by molar-refractivity contribution is 0.326. The maximum absolute atomic E-state index is 5.78. The van der Waals surface area contributed by atoms with Crippen LogP contribution in [0.15, 0.2) is 0 Å². The molecule has 0 unspecified atom stereocenters. The molecule has 0 spiro atoms. The minimum Gasteiger partial charge on any atom is -0.375 e. The Kier molecular flexibility index (Phi) is 3.26.